The molecule has 0 saturated heterocycles. The molecule has 5 heteroatoms. The predicted molar refractivity (Wildman–Crippen MR) is 67.7 cm³/mol. The monoisotopic (exact) mass is 232 g/mol. The second-order valence-corrected chi connectivity index (χ2v) is 4.07. The Hall–Kier alpha value is -1.88. The van der Waals surface area contributed by atoms with Crippen molar-refractivity contribution in [2.75, 3.05) is 25.5 Å². The van der Waals surface area contributed by atoms with Gasteiger partial charge in [-0.15, -0.1) is 0 Å². The van der Waals surface area contributed by atoms with Gasteiger partial charge in [-0.05, 0) is 18.7 Å². The van der Waals surface area contributed by atoms with E-state index in [2.05, 4.69) is 4.98 Å². The van der Waals surface area contributed by atoms with Crippen LogP contribution >= 0.6 is 0 Å². The van der Waals surface area contributed by atoms with E-state index in [9.17, 15) is 4.79 Å². The summed E-state index contributed by atoms with van der Waals surface area (Å²) >= 11 is 0. The minimum atomic E-state index is 0.470. The Balaban J connectivity index is 2.76. The van der Waals surface area contributed by atoms with Gasteiger partial charge in [0, 0.05) is 20.5 Å². The molecule has 0 aliphatic heterocycles. The van der Waals surface area contributed by atoms with Gasteiger partial charge in [0.1, 0.15) is 17.3 Å². The van der Waals surface area contributed by atoms with E-state index in [1.54, 1.807) is 0 Å². The van der Waals surface area contributed by atoms with Crippen LogP contribution in [0.1, 0.15) is 16.3 Å². The van der Waals surface area contributed by atoms with Gasteiger partial charge in [-0.25, -0.2) is 4.98 Å². The molecule has 0 bridgehead atoms. The van der Waals surface area contributed by atoms with Crippen LogP contribution in [0.25, 0.3) is 5.52 Å². The predicted octanol–water partition coefficient (Wildman–Crippen LogP) is 0.714. The van der Waals surface area contributed by atoms with E-state index in [1.165, 1.54) is 0 Å². The number of rotatable bonds is 4. The van der Waals surface area contributed by atoms with E-state index in [1.807, 2.05) is 41.6 Å². The third-order valence-corrected chi connectivity index (χ3v) is 2.68. The fourth-order valence-electron chi connectivity index (χ4n) is 1.95. The molecule has 90 valence electrons. The Morgan fingerprint density at radius 3 is 2.82 bits per heavy atom. The molecular weight excluding hydrogens is 216 g/mol. The summed E-state index contributed by atoms with van der Waals surface area (Å²) in [6.45, 7) is 0.513. The Morgan fingerprint density at radius 1 is 1.47 bits per heavy atom. The maximum atomic E-state index is 11.0. The number of nitrogens with two attached hydrogens (primary N) is 1. The molecule has 17 heavy (non-hydrogen) atoms. The largest absolute Gasteiger partial charge is 0.364 e. The quantitative estimate of drug-likeness (QED) is 0.789. The second-order valence-electron chi connectivity index (χ2n) is 4.07. The maximum Gasteiger partial charge on any atom is 0.170 e. The lowest BCUT2D eigenvalue weighted by atomic mass is 10.3. The highest BCUT2D eigenvalue weighted by Gasteiger charge is 2.13. The summed E-state index contributed by atoms with van der Waals surface area (Å²) in [6, 6.07) is 5.80. The molecule has 2 aromatic rings. The molecule has 2 N–H and O–H groups in total. The first-order valence-electron chi connectivity index (χ1n) is 5.52. The van der Waals surface area contributed by atoms with Gasteiger partial charge < -0.3 is 10.6 Å². The number of fused-ring (bicyclic) bond motifs is 1. The number of aldehydes is 1. The number of carbonyl (C=O) groups excluding carboxylic acids is 1. The average molecular weight is 232 g/mol. The van der Waals surface area contributed by atoms with Crippen molar-refractivity contribution in [3.05, 3.63) is 29.7 Å². The van der Waals surface area contributed by atoms with Crippen molar-refractivity contribution in [3.8, 4) is 0 Å². The van der Waals surface area contributed by atoms with E-state index in [4.69, 9.17) is 5.73 Å². The first-order valence-corrected chi connectivity index (χ1v) is 5.52. The van der Waals surface area contributed by atoms with Gasteiger partial charge in [-0.2, -0.15) is 0 Å². The molecule has 0 aromatic carbocycles. The topological polar surface area (TPSA) is 63.6 Å². The molecule has 0 spiro atoms. The number of hydrogen-bond donors (Lipinski definition) is 1. The van der Waals surface area contributed by atoms with Crippen LogP contribution < -0.4 is 10.6 Å². The number of pyridine rings is 1. The average Bonchev–Trinajstić information content (AvgIpc) is 2.68. The fourth-order valence-corrected chi connectivity index (χ4v) is 1.95. The summed E-state index contributed by atoms with van der Waals surface area (Å²) in [6.07, 6.45) is 1.44. The molecule has 2 aromatic heterocycles. The Morgan fingerprint density at radius 2 is 2.24 bits per heavy atom. The number of nitrogens with zero attached hydrogens (tertiary/aromatic N) is 3. The van der Waals surface area contributed by atoms with E-state index in [-0.39, 0.29) is 0 Å². The summed E-state index contributed by atoms with van der Waals surface area (Å²) in [5.41, 5.74) is 6.87. The summed E-state index contributed by atoms with van der Waals surface area (Å²) in [5.74, 6) is 1.82. The van der Waals surface area contributed by atoms with Crippen LogP contribution in [-0.4, -0.2) is 36.3 Å². The van der Waals surface area contributed by atoms with Crippen LogP contribution in [-0.2, 0) is 6.42 Å². The summed E-state index contributed by atoms with van der Waals surface area (Å²) in [5, 5.41) is 0. The number of carbonyl (C=O) groups is 1. The summed E-state index contributed by atoms with van der Waals surface area (Å²) in [4.78, 5) is 17.3. The van der Waals surface area contributed by atoms with Crippen LogP contribution in [0.5, 0.6) is 0 Å². The lowest BCUT2D eigenvalue weighted by molar-refractivity contribution is 0.112. The van der Waals surface area contributed by atoms with Crippen LogP contribution in [0.15, 0.2) is 18.2 Å². The zero-order valence-corrected chi connectivity index (χ0v) is 10.1. The summed E-state index contributed by atoms with van der Waals surface area (Å²) < 4.78 is 1.98. The van der Waals surface area contributed by atoms with Crippen molar-refractivity contribution in [1.82, 2.24) is 9.38 Å². The number of anilines is 1. The molecule has 0 saturated carbocycles. The first-order chi connectivity index (χ1) is 8.19. The first kappa shape index (κ1) is 11.6. The van der Waals surface area contributed by atoms with Crippen LogP contribution in [0, 0.1) is 0 Å². The number of aromatic nitrogens is 2. The van der Waals surface area contributed by atoms with Gasteiger partial charge in [0.05, 0.1) is 5.52 Å². The molecule has 0 aliphatic carbocycles. The normalized spacial score (nSPS) is 10.8. The van der Waals surface area contributed by atoms with E-state index >= 15 is 0 Å². The van der Waals surface area contributed by atoms with Crippen LogP contribution in [0.2, 0.25) is 0 Å². The van der Waals surface area contributed by atoms with Crippen molar-refractivity contribution < 1.29 is 4.79 Å². The minimum absolute atomic E-state index is 0.470. The fraction of sp³-hybridized carbons (Fsp3) is 0.333. The van der Waals surface area contributed by atoms with Crippen LogP contribution in [0.4, 0.5) is 5.82 Å². The number of hydrogen-bond acceptors (Lipinski definition) is 4. The highest BCUT2D eigenvalue weighted by molar-refractivity contribution is 5.84. The SMILES string of the molecule is CN(C)c1cccc2c(C=O)nc(CCN)n12. The lowest BCUT2D eigenvalue weighted by Gasteiger charge is -2.16. The van der Waals surface area contributed by atoms with Gasteiger partial charge in [0.25, 0.3) is 0 Å². The molecule has 0 atom stereocenters. The lowest BCUT2D eigenvalue weighted by Crippen LogP contribution is -2.15. The van der Waals surface area contributed by atoms with Crippen LogP contribution in [0.3, 0.4) is 0 Å². The highest BCUT2D eigenvalue weighted by Crippen LogP contribution is 2.20. The molecule has 0 aliphatic rings. The summed E-state index contributed by atoms with van der Waals surface area (Å²) in [7, 11) is 3.92. The molecule has 0 radical (unpaired) electrons. The van der Waals surface area contributed by atoms with Crippen molar-refractivity contribution >= 4 is 17.6 Å². The van der Waals surface area contributed by atoms with Gasteiger partial charge >= 0.3 is 0 Å². The van der Waals surface area contributed by atoms with E-state index in [0.717, 1.165) is 23.4 Å². The molecule has 2 rings (SSSR count). The van der Waals surface area contributed by atoms with Crippen molar-refractivity contribution in [2.45, 2.75) is 6.42 Å². The zero-order chi connectivity index (χ0) is 12.4. The minimum Gasteiger partial charge on any atom is -0.364 e. The molecule has 0 fully saturated rings. The Bertz CT molecular complexity index is 545. The number of imidazole rings is 1. The van der Waals surface area contributed by atoms with Gasteiger partial charge in [0.2, 0.25) is 0 Å². The molecule has 5 nitrogen and oxygen atoms in total. The molecular formula is C12H16N4O. The van der Waals surface area contributed by atoms with Gasteiger partial charge in [0.15, 0.2) is 6.29 Å². The second kappa shape index (κ2) is 4.55. The smallest absolute Gasteiger partial charge is 0.170 e. The van der Waals surface area contributed by atoms with Crippen molar-refractivity contribution in [2.24, 2.45) is 5.73 Å². The van der Waals surface area contributed by atoms with E-state index in [0.29, 0.717) is 18.7 Å². The van der Waals surface area contributed by atoms with Crippen molar-refractivity contribution in [1.29, 1.82) is 0 Å². The maximum absolute atomic E-state index is 11.0. The highest BCUT2D eigenvalue weighted by atomic mass is 16.1. The van der Waals surface area contributed by atoms with Gasteiger partial charge in [-0.1, -0.05) is 6.07 Å². The molecule has 0 amide bonds. The Kier molecular flexibility index (Phi) is 3.10. The Labute approximate surface area is 99.9 Å². The molecule has 0 unspecified atom stereocenters. The molecule has 2 heterocycles. The third kappa shape index (κ3) is 1.89. The zero-order valence-electron chi connectivity index (χ0n) is 10.1. The van der Waals surface area contributed by atoms with E-state index < -0.39 is 0 Å². The van der Waals surface area contributed by atoms with Gasteiger partial charge in [-0.3, -0.25) is 9.20 Å². The standard InChI is InChI=1S/C12H16N4O/c1-15(2)12-5-3-4-10-9(8-17)14-11(6-7-13)16(10)12/h3-5,8H,6-7,13H2,1-2H3. The third-order valence-electron chi connectivity index (χ3n) is 2.68. The van der Waals surface area contributed by atoms with Crippen molar-refractivity contribution in [3.63, 3.8) is 0 Å².